The van der Waals surface area contributed by atoms with Crippen molar-refractivity contribution in [3.63, 3.8) is 0 Å². The van der Waals surface area contributed by atoms with Crippen molar-refractivity contribution in [3.05, 3.63) is 18.2 Å². The molecule has 1 aliphatic heterocycles. The zero-order valence-electron chi connectivity index (χ0n) is 11.4. The molecule has 1 aromatic rings. The van der Waals surface area contributed by atoms with Gasteiger partial charge >= 0.3 is 6.03 Å². The number of nitrogens with one attached hydrogen (secondary N) is 3. The predicted molar refractivity (Wildman–Crippen MR) is 73.1 cm³/mol. The number of imide groups is 1. The summed E-state index contributed by atoms with van der Waals surface area (Å²) in [6.07, 6.45) is 0. The van der Waals surface area contributed by atoms with Gasteiger partial charge in [-0.3, -0.25) is 10.1 Å². The van der Waals surface area contributed by atoms with Crippen LogP contribution in [-0.2, 0) is 4.79 Å². The van der Waals surface area contributed by atoms with Crippen molar-refractivity contribution in [1.82, 2.24) is 10.6 Å². The highest BCUT2D eigenvalue weighted by Crippen LogP contribution is 2.32. The molecule has 7 heteroatoms. The van der Waals surface area contributed by atoms with Gasteiger partial charge in [-0.1, -0.05) is 0 Å². The average molecular weight is 279 g/mol. The molecule has 3 amide bonds. The fourth-order valence-corrected chi connectivity index (χ4v) is 1.73. The van der Waals surface area contributed by atoms with Crippen molar-refractivity contribution >= 4 is 17.6 Å². The van der Waals surface area contributed by atoms with Gasteiger partial charge in [-0.15, -0.1) is 0 Å². The number of carbonyl (C=O) groups excluding carboxylic acids is 2. The fraction of sp³-hybridized carbons (Fsp3) is 0.385. The first-order chi connectivity index (χ1) is 9.60. The van der Waals surface area contributed by atoms with Crippen molar-refractivity contribution in [2.45, 2.75) is 13.0 Å². The minimum absolute atomic E-state index is 0.417. The second-order valence-electron chi connectivity index (χ2n) is 4.29. The van der Waals surface area contributed by atoms with E-state index in [1.54, 1.807) is 25.1 Å². The number of fused-ring (bicyclic) bond motifs is 1. The maximum atomic E-state index is 11.7. The van der Waals surface area contributed by atoms with E-state index in [0.717, 1.165) is 0 Å². The summed E-state index contributed by atoms with van der Waals surface area (Å²) in [5.74, 6) is 0.906. The van der Waals surface area contributed by atoms with E-state index in [2.05, 4.69) is 16.0 Å². The van der Waals surface area contributed by atoms with E-state index in [1.165, 1.54) is 7.05 Å². The minimum atomic E-state index is -0.560. The smallest absolute Gasteiger partial charge is 0.321 e. The maximum absolute atomic E-state index is 11.7. The summed E-state index contributed by atoms with van der Waals surface area (Å²) in [5, 5.41) is 7.52. The first-order valence-electron chi connectivity index (χ1n) is 6.29. The van der Waals surface area contributed by atoms with Gasteiger partial charge in [0.15, 0.2) is 11.5 Å². The highest BCUT2D eigenvalue weighted by Gasteiger charge is 2.17. The van der Waals surface area contributed by atoms with Crippen LogP contribution in [0.5, 0.6) is 11.5 Å². The van der Waals surface area contributed by atoms with Crippen LogP contribution in [0.2, 0.25) is 0 Å². The molecule has 0 saturated heterocycles. The van der Waals surface area contributed by atoms with E-state index in [-0.39, 0.29) is 0 Å². The van der Waals surface area contributed by atoms with E-state index in [0.29, 0.717) is 30.4 Å². The van der Waals surface area contributed by atoms with Gasteiger partial charge < -0.3 is 20.1 Å². The largest absolute Gasteiger partial charge is 0.486 e. The van der Waals surface area contributed by atoms with E-state index in [9.17, 15) is 9.59 Å². The highest BCUT2D eigenvalue weighted by molar-refractivity contribution is 5.97. The van der Waals surface area contributed by atoms with Crippen LogP contribution >= 0.6 is 0 Å². The third-order valence-corrected chi connectivity index (χ3v) is 2.78. The van der Waals surface area contributed by atoms with Gasteiger partial charge in [0.1, 0.15) is 19.3 Å². The molecule has 3 N–H and O–H groups in total. The Kier molecular flexibility index (Phi) is 4.29. The van der Waals surface area contributed by atoms with Gasteiger partial charge in [-0.05, 0) is 19.1 Å². The molecule has 1 aromatic carbocycles. The van der Waals surface area contributed by atoms with Crippen molar-refractivity contribution in [3.8, 4) is 11.5 Å². The van der Waals surface area contributed by atoms with Crippen LogP contribution in [0.4, 0.5) is 10.5 Å². The lowest BCUT2D eigenvalue weighted by Crippen LogP contribution is -2.44. The van der Waals surface area contributed by atoms with Crippen LogP contribution in [0.1, 0.15) is 6.92 Å². The Bertz CT molecular complexity index is 518. The molecule has 0 fully saturated rings. The van der Waals surface area contributed by atoms with Crippen LogP contribution < -0.4 is 25.4 Å². The van der Waals surface area contributed by atoms with Gasteiger partial charge in [0.25, 0.3) is 0 Å². The van der Waals surface area contributed by atoms with Gasteiger partial charge in [0, 0.05) is 18.8 Å². The van der Waals surface area contributed by atoms with Crippen LogP contribution in [0, 0.1) is 0 Å². The Hall–Kier alpha value is -2.44. The molecule has 0 radical (unpaired) electrons. The molecular weight excluding hydrogens is 262 g/mol. The second kappa shape index (κ2) is 6.14. The zero-order chi connectivity index (χ0) is 14.5. The van der Waals surface area contributed by atoms with Gasteiger partial charge in [-0.25, -0.2) is 4.79 Å². The average Bonchev–Trinajstić information content (AvgIpc) is 2.46. The Morgan fingerprint density at radius 3 is 2.60 bits per heavy atom. The lowest BCUT2D eigenvalue weighted by Gasteiger charge is -2.20. The van der Waals surface area contributed by atoms with Crippen molar-refractivity contribution in [2.24, 2.45) is 0 Å². The SMILES string of the molecule is CNC(=O)NC(=O)C(C)Nc1ccc2c(c1)OCCO2. The molecule has 7 nitrogen and oxygen atoms in total. The topological polar surface area (TPSA) is 88.7 Å². The number of ether oxygens (including phenoxy) is 2. The standard InChI is InChI=1S/C13H17N3O4/c1-8(12(17)16-13(18)14-2)15-9-3-4-10-11(7-9)20-6-5-19-10/h3-4,7-8,15H,5-6H2,1-2H3,(H2,14,16,17,18). The number of amides is 3. The lowest BCUT2D eigenvalue weighted by molar-refractivity contribution is -0.120. The first kappa shape index (κ1) is 14.0. The van der Waals surface area contributed by atoms with Crippen molar-refractivity contribution in [2.75, 3.05) is 25.6 Å². The number of anilines is 1. The molecule has 1 aliphatic rings. The molecule has 0 spiro atoms. The number of urea groups is 1. The highest BCUT2D eigenvalue weighted by atomic mass is 16.6. The maximum Gasteiger partial charge on any atom is 0.321 e. The minimum Gasteiger partial charge on any atom is -0.486 e. The molecule has 1 unspecified atom stereocenters. The van der Waals surface area contributed by atoms with Crippen LogP contribution in [0.3, 0.4) is 0 Å². The van der Waals surface area contributed by atoms with Gasteiger partial charge in [0.2, 0.25) is 5.91 Å². The number of hydrogen-bond donors (Lipinski definition) is 3. The zero-order valence-corrected chi connectivity index (χ0v) is 11.4. The quantitative estimate of drug-likeness (QED) is 0.758. The molecule has 0 bridgehead atoms. The number of hydrogen-bond acceptors (Lipinski definition) is 5. The lowest BCUT2D eigenvalue weighted by atomic mass is 10.2. The Morgan fingerprint density at radius 2 is 1.90 bits per heavy atom. The van der Waals surface area contributed by atoms with E-state index in [4.69, 9.17) is 9.47 Å². The predicted octanol–water partition coefficient (Wildman–Crippen LogP) is 0.714. The van der Waals surface area contributed by atoms with E-state index in [1.807, 2.05) is 0 Å². The van der Waals surface area contributed by atoms with Crippen LogP contribution in [0.15, 0.2) is 18.2 Å². The summed E-state index contributed by atoms with van der Waals surface area (Å²) in [7, 11) is 1.45. The molecule has 2 rings (SSSR count). The van der Waals surface area contributed by atoms with Crippen LogP contribution in [-0.4, -0.2) is 38.2 Å². The van der Waals surface area contributed by atoms with Crippen molar-refractivity contribution < 1.29 is 19.1 Å². The van der Waals surface area contributed by atoms with E-state index < -0.39 is 18.0 Å². The molecule has 0 saturated carbocycles. The summed E-state index contributed by atoms with van der Waals surface area (Å²) < 4.78 is 10.9. The first-order valence-corrected chi connectivity index (χ1v) is 6.29. The summed E-state index contributed by atoms with van der Waals surface area (Å²) in [6, 6.07) is 4.23. The molecule has 1 atom stereocenters. The molecular formula is C13H17N3O4. The summed E-state index contributed by atoms with van der Waals surface area (Å²) in [4.78, 5) is 22.8. The van der Waals surface area contributed by atoms with Crippen molar-refractivity contribution in [1.29, 1.82) is 0 Å². The summed E-state index contributed by atoms with van der Waals surface area (Å²) in [6.45, 7) is 2.70. The number of carbonyl (C=O) groups is 2. The molecule has 0 aliphatic carbocycles. The second-order valence-corrected chi connectivity index (χ2v) is 4.29. The summed E-state index contributed by atoms with van der Waals surface area (Å²) >= 11 is 0. The van der Waals surface area contributed by atoms with Gasteiger partial charge in [0.05, 0.1) is 0 Å². The van der Waals surface area contributed by atoms with E-state index >= 15 is 0 Å². The third kappa shape index (κ3) is 3.31. The molecule has 108 valence electrons. The Labute approximate surface area is 116 Å². The summed E-state index contributed by atoms with van der Waals surface area (Å²) in [5.41, 5.74) is 0.716. The number of rotatable bonds is 3. The molecule has 1 heterocycles. The van der Waals surface area contributed by atoms with Gasteiger partial charge in [-0.2, -0.15) is 0 Å². The molecule has 20 heavy (non-hydrogen) atoms. The normalized spacial score (nSPS) is 14.1. The molecule has 0 aromatic heterocycles. The monoisotopic (exact) mass is 279 g/mol. The van der Waals surface area contributed by atoms with Crippen LogP contribution in [0.25, 0.3) is 0 Å². The third-order valence-electron chi connectivity index (χ3n) is 2.78. The Morgan fingerprint density at radius 1 is 1.20 bits per heavy atom. The fourth-order valence-electron chi connectivity index (χ4n) is 1.73. The number of benzene rings is 1. The Balaban J connectivity index is 1.99.